The molecule has 2 aliphatic rings. The van der Waals surface area contributed by atoms with Gasteiger partial charge in [-0.25, -0.2) is 8.42 Å². The van der Waals surface area contributed by atoms with Crippen LogP contribution in [0, 0.1) is 0 Å². The van der Waals surface area contributed by atoms with Crippen LogP contribution in [-0.4, -0.2) is 36.4 Å². The van der Waals surface area contributed by atoms with E-state index >= 15 is 0 Å². The van der Waals surface area contributed by atoms with Gasteiger partial charge in [0.05, 0.1) is 0 Å². The monoisotopic (exact) mass is 311 g/mol. The summed E-state index contributed by atoms with van der Waals surface area (Å²) in [6.07, 6.45) is 7.37. The third-order valence-electron chi connectivity index (χ3n) is 4.72. The van der Waals surface area contributed by atoms with Crippen molar-refractivity contribution in [3.05, 3.63) is 18.0 Å². The SMILES string of the molecule is CCn1cc(S(=O)(=O)N(C)C2CCC2)cc1CNC1CC1. The summed E-state index contributed by atoms with van der Waals surface area (Å²) in [4.78, 5) is 0.436. The van der Waals surface area contributed by atoms with E-state index in [1.807, 2.05) is 17.6 Å². The van der Waals surface area contributed by atoms with Gasteiger partial charge in [-0.15, -0.1) is 0 Å². The Hall–Kier alpha value is -0.850. The van der Waals surface area contributed by atoms with Crippen molar-refractivity contribution in [1.82, 2.24) is 14.2 Å². The van der Waals surface area contributed by atoms with Gasteiger partial charge in [-0.05, 0) is 38.7 Å². The molecular weight excluding hydrogens is 286 g/mol. The molecule has 0 saturated heterocycles. The molecule has 0 aromatic carbocycles. The first-order chi connectivity index (χ1) is 10.0. The van der Waals surface area contributed by atoms with Gasteiger partial charge in [-0.1, -0.05) is 6.42 Å². The fourth-order valence-corrected chi connectivity index (χ4v) is 4.24. The molecule has 3 rings (SSSR count). The van der Waals surface area contributed by atoms with Crippen LogP contribution in [-0.2, 0) is 23.1 Å². The van der Waals surface area contributed by atoms with E-state index in [4.69, 9.17) is 0 Å². The molecule has 1 heterocycles. The molecular formula is C15H25N3O2S. The van der Waals surface area contributed by atoms with Crippen molar-refractivity contribution in [1.29, 1.82) is 0 Å². The van der Waals surface area contributed by atoms with Gasteiger partial charge in [-0.3, -0.25) is 0 Å². The molecule has 5 nitrogen and oxygen atoms in total. The lowest BCUT2D eigenvalue weighted by molar-refractivity contribution is 0.249. The Morgan fingerprint density at radius 1 is 1.33 bits per heavy atom. The van der Waals surface area contributed by atoms with E-state index < -0.39 is 10.0 Å². The molecule has 2 fully saturated rings. The number of nitrogens with zero attached hydrogens (tertiary/aromatic N) is 2. The van der Waals surface area contributed by atoms with Crippen LogP contribution < -0.4 is 5.32 Å². The van der Waals surface area contributed by atoms with Crippen LogP contribution in [0.3, 0.4) is 0 Å². The van der Waals surface area contributed by atoms with Gasteiger partial charge in [0.1, 0.15) is 4.90 Å². The van der Waals surface area contributed by atoms with Crippen LogP contribution in [0.5, 0.6) is 0 Å². The molecule has 6 heteroatoms. The summed E-state index contributed by atoms with van der Waals surface area (Å²) in [5.74, 6) is 0. The van der Waals surface area contributed by atoms with Crippen LogP contribution in [0.1, 0.15) is 44.7 Å². The second-order valence-electron chi connectivity index (χ2n) is 6.21. The van der Waals surface area contributed by atoms with Crippen LogP contribution in [0.2, 0.25) is 0 Å². The number of rotatable bonds is 7. The second kappa shape index (κ2) is 5.74. The summed E-state index contributed by atoms with van der Waals surface area (Å²) in [6, 6.07) is 2.65. The van der Waals surface area contributed by atoms with E-state index in [9.17, 15) is 8.42 Å². The number of sulfonamides is 1. The van der Waals surface area contributed by atoms with Crippen molar-refractivity contribution in [2.45, 2.75) is 69.1 Å². The summed E-state index contributed by atoms with van der Waals surface area (Å²) < 4.78 is 29.0. The average molecular weight is 311 g/mol. The first-order valence-corrected chi connectivity index (χ1v) is 9.37. The molecule has 1 N–H and O–H groups in total. The molecule has 0 spiro atoms. The van der Waals surface area contributed by atoms with Crippen molar-refractivity contribution >= 4 is 10.0 Å². The molecule has 0 bridgehead atoms. The smallest absolute Gasteiger partial charge is 0.244 e. The maximum absolute atomic E-state index is 12.7. The van der Waals surface area contributed by atoms with Crippen LogP contribution in [0.4, 0.5) is 0 Å². The molecule has 0 atom stereocenters. The molecule has 0 amide bonds. The number of nitrogens with one attached hydrogen (secondary N) is 1. The Morgan fingerprint density at radius 3 is 2.57 bits per heavy atom. The van der Waals surface area contributed by atoms with E-state index in [0.29, 0.717) is 10.9 Å². The molecule has 118 valence electrons. The van der Waals surface area contributed by atoms with Gasteiger partial charge >= 0.3 is 0 Å². The summed E-state index contributed by atoms with van der Waals surface area (Å²) in [5.41, 5.74) is 1.06. The van der Waals surface area contributed by atoms with E-state index in [1.54, 1.807) is 17.5 Å². The zero-order valence-corrected chi connectivity index (χ0v) is 13.7. The van der Waals surface area contributed by atoms with Gasteiger partial charge < -0.3 is 9.88 Å². The molecule has 1 aromatic heterocycles. The molecule has 0 unspecified atom stereocenters. The molecule has 21 heavy (non-hydrogen) atoms. The minimum Gasteiger partial charge on any atom is -0.349 e. The molecule has 0 radical (unpaired) electrons. The standard InChI is InChI=1S/C15H25N3O2S/c1-3-18-11-15(9-14(18)10-16-12-7-8-12)21(19,20)17(2)13-5-4-6-13/h9,11-13,16H,3-8,10H2,1-2H3. The predicted molar refractivity (Wildman–Crippen MR) is 82.6 cm³/mol. The van der Waals surface area contributed by atoms with E-state index in [1.165, 1.54) is 12.8 Å². The van der Waals surface area contributed by atoms with Crippen molar-refractivity contribution in [2.24, 2.45) is 0 Å². The quantitative estimate of drug-likeness (QED) is 0.837. The lowest BCUT2D eigenvalue weighted by atomic mass is 9.94. The van der Waals surface area contributed by atoms with Crippen LogP contribution >= 0.6 is 0 Å². The minimum atomic E-state index is -3.35. The normalized spacial score (nSPS) is 20.0. The van der Waals surface area contributed by atoms with Gasteiger partial charge in [0.25, 0.3) is 0 Å². The Balaban J connectivity index is 1.79. The highest BCUT2D eigenvalue weighted by Gasteiger charge is 2.32. The van der Waals surface area contributed by atoms with Gasteiger partial charge in [-0.2, -0.15) is 4.31 Å². The van der Waals surface area contributed by atoms with E-state index in [-0.39, 0.29) is 6.04 Å². The van der Waals surface area contributed by atoms with Gasteiger partial charge in [0.15, 0.2) is 0 Å². The summed E-state index contributed by atoms with van der Waals surface area (Å²) in [7, 11) is -1.64. The lowest BCUT2D eigenvalue weighted by Gasteiger charge is -2.33. The number of aryl methyl sites for hydroxylation is 1. The van der Waals surface area contributed by atoms with Crippen molar-refractivity contribution in [2.75, 3.05) is 7.05 Å². The summed E-state index contributed by atoms with van der Waals surface area (Å²) in [6.45, 7) is 3.60. The molecule has 0 aliphatic heterocycles. The number of hydrogen-bond acceptors (Lipinski definition) is 3. The summed E-state index contributed by atoms with van der Waals surface area (Å²) in [5, 5.41) is 3.46. The minimum absolute atomic E-state index is 0.188. The first-order valence-electron chi connectivity index (χ1n) is 7.93. The van der Waals surface area contributed by atoms with E-state index in [2.05, 4.69) is 5.32 Å². The topological polar surface area (TPSA) is 54.3 Å². The highest BCUT2D eigenvalue weighted by molar-refractivity contribution is 7.89. The highest BCUT2D eigenvalue weighted by Crippen LogP contribution is 2.29. The van der Waals surface area contributed by atoms with Crippen LogP contribution in [0.15, 0.2) is 17.2 Å². The van der Waals surface area contributed by atoms with Gasteiger partial charge in [0, 0.05) is 44.1 Å². The van der Waals surface area contributed by atoms with Gasteiger partial charge in [0.2, 0.25) is 10.0 Å². The Morgan fingerprint density at radius 2 is 2.05 bits per heavy atom. The first kappa shape index (κ1) is 15.1. The number of hydrogen-bond donors (Lipinski definition) is 1. The van der Waals surface area contributed by atoms with Crippen molar-refractivity contribution in [3.63, 3.8) is 0 Å². The van der Waals surface area contributed by atoms with Crippen LogP contribution in [0.25, 0.3) is 0 Å². The molecule has 1 aromatic rings. The predicted octanol–water partition coefficient (Wildman–Crippen LogP) is 1.93. The second-order valence-corrected chi connectivity index (χ2v) is 8.21. The Kier molecular flexibility index (Phi) is 4.12. The fraction of sp³-hybridized carbons (Fsp3) is 0.733. The van der Waals surface area contributed by atoms with Crippen molar-refractivity contribution < 1.29 is 8.42 Å². The lowest BCUT2D eigenvalue weighted by Crippen LogP contribution is -2.41. The van der Waals surface area contributed by atoms with Crippen molar-refractivity contribution in [3.8, 4) is 0 Å². The van der Waals surface area contributed by atoms with E-state index in [0.717, 1.165) is 38.0 Å². The molecule has 2 saturated carbocycles. The Labute approximate surface area is 127 Å². The third kappa shape index (κ3) is 3.03. The average Bonchev–Trinajstić information content (AvgIpc) is 3.12. The maximum Gasteiger partial charge on any atom is 0.244 e. The number of aromatic nitrogens is 1. The Bertz CT molecular complexity index is 600. The largest absolute Gasteiger partial charge is 0.349 e. The maximum atomic E-state index is 12.7. The zero-order chi connectivity index (χ0) is 15.0. The third-order valence-corrected chi connectivity index (χ3v) is 6.59. The zero-order valence-electron chi connectivity index (χ0n) is 12.9. The molecule has 2 aliphatic carbocycles. The highest BCUT2D eigenvalue weighted by atomic mass is 32.2. The fourth-order valence-electron chi connectivity index (χ4n) is 2.76. The summed E-state index contributed by atoms with van der Waals surface area (Å²) >= 11 is 0.